The highest BCUT2D eigenvalue weighted by molar-refractivity contribution is 5.95. The van der Waals surface area contributed by atoms with E-state index in [1.54, 1.807) is 19.1 Å². The highest BCUT2D eigenvalue weighted by Crippen LogP contribution is 2.20. The van der Waals surface area contributed by atoms with Gasteiger partial charge in [0.1, 0.15) is 11.8 Å². The van der Waals surface area contributed by atoms with E-state index in [9.17, 15) is 9.59 Å². The van der Waals surface area contributed by atoms with Crippen LogP contribution in [0.25, 0.3) is 0 Å². The molecular weight excluding hydrogens is 282 g/mol. The van der Waals surface area contributed by atoms with Gasteiger partial charge in [-0.2, -0.15) is 0 Å². The average molecular weight is 303 g/mol. The molecule has 0 spiro atoms. The molecule has 1 atom stereocenters. The van der Waals surface area contributed by atoms with E-state index in [0.29, 0.717) is 13.1 Å². The third-order valence-electron chi connectivity index (χ3n) is 4.36. The molecule has 0 saturated carbocycles. The van der Waals surface area contributed by atoms with Gasteiger partial charge in [-0.25, -0.2) is 0 Å². The van der Waals surface area contributed by atoms with Gasteiger partial charge in [-0.15, -0.1) is 0 Å². The van der Waals surface area contributed by atoms with Crippen molar-refractivity contribution >= 4 is 11.8 Å². The van der Waals surface area contributed by atoms with Crippen molar-refractivity contribution in [2.45, 2.75) is 12.6 Å². The molecule has 118 valence electrons. The van der Waals surface area contributed by atoms with Crippen molar-refractivity contribution in [3.63, 3.8) is 0 Å². The molecule has 2 aliphatic rings. The molecule has 3 rings (SSSR count). The van der Waals surface area contributed by atoms with Crippen LogP contribution in [-0.4, -0.2) is 72.9 Å². The predicted octanol–water partition coefficient (Wildman–Crippen LogP) is 0.180. The zero-order chi connectivity index (χ0) is 15.7. The van der Waals surface area contributed by atoms with Gasteiger partial charge in [0.2, 0.25) is 11.8 Å². The number of likely N-dealkylation sites (N-methyl/N-ethyl adjacent to an activating group) is 1. The Morgan fingerprint density at radius 3 is 2.86 bits per heavy atom. The lowest BCUT2D eigenvalue weighted by atomic mass is 10.1. The van der Waals surface area contributed by atoms with Gasteiger partial charge in [-0.3, -0.25) is 14.5 Å². The fourth-order valence-corrected chi connectivity index (χ4v) is 3.15. The van der Waals surface area contributed by atoms with Crippen molar-refractivity contribution in [1.82, 2.24) is 14.7 Å². The maximum Gasteiger partial charge on any atom is 0.246 e. The number of rotatable bonds is 3. The summed E-state index contributed by atoms with van der Waals surface area (Å²) in [6.45, 7) is 2.95. The van der Waals surface area contributed by atoms with E-state index >= 15 is 0 Å². The van der Waals surface area contributed by atoms with Gasteiger partial charge in [0.05, 0.1) is 13.7 Å². The first kappa shape index (κ1) is 14.8. The number of hydrogen-bond donors (Lipinski definition) is 0. The molecule has 2 saturated heterocycles. The van der Waals surface area contributed by atoms with Crippen molar-refractivity contribution in [3.8, 4) is 5.75 Å². The van der Waals surface area contributed by atoms with Crippen molar-refractivity contribution in [2.75, 3.05) is 40.3 Å². The molecule has 0 unspecified atom stereocenters. The molecule has 22 heavy (non-hydrogen) atoms. The third-order valence-corrected chi connectivity index (χ3v) is 4.36. The number of nitrogens with zero attached hydrogens (tertiary/aromatic N) is 3. The summed E-state index contributed by atoms with van der Waals surface area (Å²) in [5, 5.41) is 0. The number of methoxy groups -OCH3 is 1. The maximum absolute atomic E-state index is 12.3. The molecule has 6 nitrogen and oxygen atoms in total. The molecule has 2 aliphatic heterocycles. The van der Waals surface area contributed by atoms with E-state index in [1.807, 2.05) is 18.2 Å². The van der Waals surface area contributed by atoms with Gasteiger partial charge in [0.25, 0.3) is 0 Å². The number of benzene rings is 1. The lowest BCUT2D eigenvalue weighted by Gasteiger charge is -2.45. The van der Waals surface area contributed by atoms with Gasteiger partial charge in [0, 0.05) is 33.2 Å². The summed E-state index contributed by atoms with van der Waals surface area (Å²) in [6, 6.07) is 7.60. The quantitative estimate of drug-likeness (QED) is 0.799. The molecule has 2 heterocycles. The van der Waals surface area contributed by atoms with Crippen LogP contribution in [0.1, 0.15) is 5.56 Å². The topological polar surface area (TPSA) is 53.1 Å². The van der Waals surface area contributed by atoms with Crippen LogP contribution in [0.5, 0.6) is 5.75 Å². The second-order valence-corrected chi connectivity index (χ2v) is 5.88. The minimum absolute atomic E-state index is 0.0370. The SMILES string of the molecule is COc1cccc(CN2CCN3C(=O)CN(C)C(=O)[C@H]3C2)c1. The zero-order valence-electron chi connectivity index (χ0n) is 13.0. The number of amides is 2. The lowest BCUT2D eigenvalue weighted by molar-refractivity contribution is -0.158. The third kappa shape index (κ3) is 2.78. The van der Waals surface area contributed by atoms with Gasteiger partial charge in [0.15, 0.2) is 0 Å². The van der Waals surface area contributed by atoms with Crippen molar-refractivity contribution in [2.24, 2.45) is 0 Å². The molecule has 0 radical (unpaired) electrons. The van der Waals surface area contributed by atoms with Crippen LogP contribution >= 0.6 is 0 Å². The summed E-state index contributed by atoms with van der Waals surface area (Å²) >= 11 is 0. The Labute approximate surface area is 130 Å². The molecule has 1 aromatic carbocycles. The summed E-state index contributed by atoms with van der Waals surface area (Å²) < 4.78 is 5.24. The van der Waals surface area contributed by atoms with Crippen LogP contribution in [0, 0.1) is 0 Å². The smallest absolute Gasteiger partial charge is 0.246 e. The first-order chi connectivity index (χ1) is 10.6. The van der Waals surface area contributed by atoms with Gasteiger partial charge < -0.3 is 14.5 Å². The van der Waals surface area contributed by atoms with Crippen LogP contribution in [0.2, 0.25) is 0 Å². The number of ether oxygens (including phenoxy) is 1. The highest BCUT2D eigenvalue weighted by atomic mass is 16.5. The molecule has 0 aliphatic carbocycles. The fourth-order valence-electron chi connectivity index (χ4n) is 3.15. The first-order valence-corrected chi connectivity index (χ1v) is 7.48. The minimum atomic E-state index is -0.342. The van der Waals surface area contributed by atoms with E-state index in [1.165, 1.54) is 4.90 Å². The van der Waals surface area contributed by atoms with Crippen molar-refractivity contribution < 1.29 is 14.3 Å². The number of carbonyl (C=O) groups excluding carboxylic acids is 2. The van der Waals surface area contributed by atoms with E-state index in [0.717, 1.165) is 24.4 Å². The normalized spacial score (nSPS) is 22.7. The van der Waals surface area contributed by atoms with E-state index in [-0.39, 0.29) is 24.4 Å². The van der Waals surface area contributed by atoms with E-state index in [4.69, 9.17) is 4.74 Å². The number of carbonyl (C=O) groups is 2. The fraction of sp³-hybridized carbons (Fsp3) is 0.500. The lowest BCUT2D eigenvalue weighted by Crippen LogP contribution is -2.65. The number of piperazine rings is 2. The molecule has 0 bridgehead atoms. The van der Waals surface area contributed by atoms with E-state index < -0.39 is 0 Å². The Morgan fingerprint density at radius 2 is 2.09 bits per heavy atom. The van der Waals surface area contributed by atoms with E-state index in [2.05, 4.69) is 11.0 Å². The van der Waals surface area contributed by atoms with Crippen LogP contribution in [0.4, 0.5) is 0 Å². The zero-order valence-corrected chi connectivity index (χ0v) is 13.0. The minimum Gasteiger partial charge on any atom is -0.497 e. The Bertz CT molecular complexity index is 590. The predicted molar refractivity (Wildman–Crippen MR) is 81.4 cm³/mol. The molecule has 2 amide bonds. The van der Waals surface area contributed by atoms with Crippen LogP contribution in [0.3, 0.4) is 0 Å². The Balaban J connectivity index is 1.70. The monoisotopic (exact) mass is 303 g/mol. The Kier molecular flexibility index (Phi) is 4.02. The van der Waals surface area contributed by atoms with Crippen molar-refractivity contribution in [3.05, 3.63) is 29.8 Å². The number of fused-ring (bicyclic) bond motifs is 1. The molecule has 0 N–H and O–H groups in total. The van der Waals surface area contributed by atoms with Crippen LogP contribution < -0.4 is 4.74 Å². The molecular formula is C16H21N3O3. The van der Waals surface area contributed by atoms with Crippen LogP contribution in [0.15, 0.2) is 24.3 Å². The van der Waals surface area contributed by atoms with Crippen LogP contribution in [-0.2, 0) is 16.1 Å². The molecule has 0 aromatic heterocycles. The summed E-state index contributed by atoms with van der Waals surface area (Å²) in [7, 11) is 3.35. The standard InChI is InChI=1S/C16H21N3O3/c1-17-11-15(20)19-7-6-18(10-14(19)16(17)21)9-12-4-3-5-13(8-12)22-2/h3-5,8,14H,6-7,9-11H2,1-2H3/t14-/m1/s1. The largest absolute Gasteiger partial charge is 0.497 e. The Hall–Kier alpha value is -2.08. The molecule has 2 fully saturated rings. The first-order valence-electron chi connectivity index (χ1n) is 7.48. The Morgan fingerprint density at radius 1 is 1.27 bits per heavy atom. The van der Waals surface area contributed by atoms with Gasteiger partial charge in [-0.1, -0.05) is 12.1 Å². The summed E-state index contributed by atoms with van der Waals surface area (Å²) in [4.78, 5) is 29.8. The highest BCUT2D eigenvalue weighted by Gasteiger charge is 2.41. The van der Waals surface area contributed by atoms with Gasteiger partial charge >= 0.3 is 0 Å². The average Bonchev–Trinajstić information content (AvgIpc) is 2.53. The molecule has 1 aromatic rings. The summed E-state index contributed by atoms with van der Waals surface area (Å²) in [6.07, 6.45) is 0. The second-order valence-electron chi connectivity index (χ2n) is 5.88. The number of hydrogen-bond acceptors (Lipinski definition) is 4. The van der Waals surface area contributed by atoms with Gasteiger partial charge in [-0.05, 0) is 17.7 Å². The second kappa shape index (κ2) is 5.96. The summed E-state index contributed by atoms with van der Waals surface area (Å²) in [5.74, 6) is 0.919. The molecule has 6 heteroatoms. The summed E-state index contributed by atoms with van der Waals surface area (Å²) in [5.41, 5.74) is 1.15. The van der Waals surface area contributed by atoms with Crippen molar-refractivity contribution in [1.29, 1.82) is 0 Å². The maximum atomic E-state index is 12.3.